The number of thiophene rings is 1. The average Bonchev–Trinajstić information content (AvgIpc) is 3.27. The van der Waals surface area contributed by atoms with Gasteiger partial charge in [0.1, 0.15) is 5.00 Å². The number of hydrogen-bond donors (Lipinski definition) is 2. The van der Waals surface area contributed by atoms with E-state index in [9.17, 15) is 22.8 Å². The van der Waals surface area contributed by atoms with Crippen molar-refractivity contribution in [2.75, 3.05) is 32.1 Å². The van der Waals surface area contributed by atoms with E-state index in [0.29, 0.717) is 25.9 Å². The normalized spacial score (nSPS) is 15.1. The molecule has 1 saturated heterocycles. The van der Waals surface area contributed by atoms with Crippen molar-refractivity contribution in [2.24, 2.45) is 0 Å². The first-order valence-electron chi connectivity index (χ1n) is 10.3. The van der Waals surface area contributed by atoms with E-state index in [1.54, 1.807) is 19.4 Å². The lowest BCUT2D eigenvalue weighted by Crippen LogP contribution is -2.40. The molecular weight excluding hydrogens is 470 g/mol. The monoisotopic (exact) mass is 495 g/mol. The highest BCUT2D eigenvalue weighted by atomic mass is 32.2. The summed E-state index contributed by atoms with van der Waals surface area (Å²) in [5.74, 6) is -1.23. The first kappa shape index (κ1) is 24.8. The number of sulfonamides is 1. The van der Waals surface area contributed by atoms with Crippen LogP contribution in [0.25, 0.3) is 0 Å². The van der Waals surface area contributed by atoms with Crippen LogP contribution in [0.2, 0.25) is 0 Å². The van der Waals surface area contributed by atoms with Gasteiger partial charge in [0.05, 0.1) is 23.2 Å². The van der Waals surface area contributed by atoms with E-state index in [-0.39, 0.29) is 33.7 Å². The van der Waals surface area contributed by atoms with Crippen molar-refractivity contribution in [3.8, 4) is 0 Å². The van der Waals surface area contributed by atoms with Crippen LogP contribution in [-0.4, -0.2) is 63.5 Å². The number of benzene rings is 1. The molecule has 0 bridgehead atoms. The largest absolute Gasteiger partial charge is 0.450 e. The second kappa shape index (κ2) is 10.9. The topological polar surface area (TPSA) is 131 Å². The molecule has 1 aromatic carbocycles. The SMILES string of the molecule is CCOC(=O)NC(=O)c1ccsc1NC(=O)c1ccc(S(=O)(=O)N2CCC(OC)CC2)cc1. The quantitative estimate of drug-likeness (QED) is 0.604. The van der Waals surface area contributed by atoms with Gasteiger partial charge in [0, 0.05) is 25.8 Å². The fraction of sp³-hybridized carbons (Fsp3) is 0.381. The zero-order chi connectivity index (χ0) is 24.0. The van der Waals surface area contributed by atoms with Gasteiger partial charge in [-0.25, -0.2) is 13.2 Å². The number of amides is 3. The lowest BCUT2D eigenvalue weighted by Gasteiger charge is -2.30. The smallest absolute Gasteiger partial charge is 0.414 e. The van der Waals surface area contributed by atoms with Crippen molar-refractivity contribution < 1.29 is 32.3 Å². The van der Waals surface area contributed by atoms with E-state index in [1.807, 2.05) is 0 Å². The Kier molecular flexibility index (Phi) is 8.19. The maximum Gasteiger partial charge on any atom is 0.414 e. The molecule has 1 aliphatic heterocycles. The van der Waals surface area contributed by atoms with Crippen LogP contribution >= 0.6 is 11.3 Å². The van der Waals surface area contributed by atoms with Gasteiger partial charge >= 0.3 is 6.09 Å². The molecule has 12 heteroatoms. The molecule has 33 heavy (non-hydrogen) atoms. The predicted molar refractivity (Wildman–Crippen MR) is 122 cm³/mol. The number of imide groups is 1. The molecule has 0 spiro atoms. The van der Waals surface area contributed by atoms with Crippen molar-refractivity contribution in [1.82, 2.24) is 9.62 Å². The number of carbonyl (C=O) groups excluding carboxylic acids is 3. The minimum Gasteiger partial charge on any atom is -0.450 e. The van der Waals surface area contributed by atoms with Gasteiger partial charge in [-0.1, -0.05) is 0 Å². The molecule has 0 atom stereocenters. The maximum atomic E-state index is 12.9. The van der Waals surface area contributed by atoms with Crippen molar-refractivity contribution >= 4 is 44.3 Å². The molecule has 1 aromatic heterocycles. The Labute approximate surface area is 195 Å². The van der Waals surface area contributed by atoms with Gasteiger partial charge in [0.2, 0.25) is 10.0 Å². The summed E-state index contributed by atoms with van der Waals surface area (Å²) in [5.41, 5.74) is 0.331. The van der Waals surface area contributed by atoms with Crippen molar-refractivity contribution in [3.05, 3.63) is 46.8 Å². The van der Waals surface area contributed by atoms with Gasteiger partial charge in [0.25, 0.3) is 11.8 Å². The van der Waals surface area contributed by atoms with E-state index < -0.39 is 27.9 Å². The number of rotatable bonds is 7. The molecule has 2 N–H and O–H groups in total. The maximum absolute atomic E-state index is 12.9. The number of carbonyl (C=O) groups is 3. The molecule has 0 radical (unpaired) electrons. The van der Waals surface area contributed by atoms with E-state index in [4.69, 9.17) is 4.74 Å². The molecular formula is C21H25N3O7S2. The Hall–Kier alpha value is -2.80. The minimum absolute atomic E-state index is 0.0593. The van der Waals surface area contributed by atoms with E-state index in [0.717, 1.165) is 11.3 Å². The van der Waals surface area contributed by atoms with Crippen LogP contribution in [-0.2, 0) is 19.5 Å². The molecule has 10 nitrogen and oxygen atoms in total. The molecule has 2 heterocycles. The van der Waals surface area contributed by atoms with Gasteiger partial charge < -0.3 is 14.8 Å². The highest BCUT2D eigenvalue weighted by Gasteiger charge is 2.29. The van der Waals surface area contributed by atoms with Crippen LogP contribution in [0.5, 0.6) is 0 Å². The lowest BCUT2D eigenvalue weighted by molar-refractivity contribution is 0.0604. The van der Waals surface area contributed by atoms with Crippen LogP contribution in [0, 0.1) is 0 Å². The van der Waals surface area contributed by atoms with Crippen molar-refractivity contribution in [2.45, 2.75) is 30.8 Å². The van der Waals surface area contributed by atoms with Crippen LogP contribution in [0.1, 0.15) is 40.5 Å². The summed E-state index contributed by atoms with van der Waals surface area (Å²) < 4.78 is 37.1. The third-order valence-electron chi connectivity index (χ3n) is 5.12. The fourth-order valence-electron chi connectivity index (χ4n) is 3.32. The van der Waals surface area contributed by atoms with Crippen LogP contribution in [0.4, 0.5) is 9.80 Å². The Morgan fingerprint density at radius 2 is 1.76 bits per heavy atom. The van der Waals surface area contributed by atoms with Crippen LogP contribution < -0.4 is 10.6 Å². The van der Waals surface area contributed by atoms with Gasteiger partial charge in [-0.3, -0.25) is 14.9 Å². The van der Waals surface area contributed by atoms with Crippen molar-refractivity contribution in [1.29, 1.82) is 0 Å². The number of ether oxygens (including phenoxy) is 2. The molecule has 0 unspecified atom stereocenters. The summed E-state index contributed by atoms with van der Waals surface area (Å²) in [6, 6.07) is 7.06. The number of alkyl carbamates (subject to hydrolysis) is 1. The van der Waals surface area contributed by atoms with E-state index in [1.165, 1.54) is 34.6 Å². The lowest BCUT2D eigenvalue weighted by atomic mass is 10.1. The second-order valence-electron chi connectivity index (χ2n) is 7.16. The Bertz CT molecular complexity index is 1110. The molecule has 3 amide bonds. The molecule has 1 aliphatic rings. The summed E-state index contributed by atoms with van der Waals surface area (Å²) in [6.45, 7) is 2.47. The fourth-order valence-corrected chi connectivity index (χ4v) is 5.57. The highest BCUT2D eigenvalue weighted by molar-refractivity contribution is 7.89. The number of anilines is 1. The van der Waals surface area contributed by atoms with Gasteiger partial charge in [-0.15, -0.1) is 11.3 Å². The Balaban J connectivity index is 1.66. The standard InChI is InChI=1S/C21H25N3O7S2/c1-3-31-21(27)23-19(26)17-10-13-32-20(17)22-18(25)14-4-6-16(7-5-14)33(28,29)24-11-8-15(30-2)9-12-24/h4-7,10,13,15H,3,8-9,11-12H2,1-2H3,(H,22,25)(H,23,26,27). The van der Waals surface area contributed by atoms with Gasteiger partial charge in [0.15, 0.2) is 0 Å². The third-order valence-corrected chi connectivity index (χ3v) is 7.86. The first-order valence-corrected chi connectivity index (χ1v) is 12.6. The molecule has 178 valence electrons. The third kappa shape index (κ3) is 5.96. The average molecular weight is 496 g/mol. The highest BCUT2D eigenvalue weighted by Crippen LogP contribution is 2.25. The molecule has 0 aliphatic carbocycles. The second-order valence-corrected chi connectivity index (χ2v) is 10.0. The summed E-state index contributed by atoms with van der Waals surface area (Å²) in [5, 5.41) is 6.54. The number of methoxy groups -OCH3 is 1. The summed E-state index contributed by atoms with van der Waals surface area (Å²) in [7, 11) is -2.05. The van der Waals surface area contributed by atoms with Crippen LogP contribution in [0.3, 0.4) is 0 Å². The first-order chi connectivity index (χ1) is 15.8. The molecule has 2 aromatic rings. The predicted octanol–water partition coefficient (Wildman–Crippen LogP) is 2.69. The number of nitrogens with zero attached hydrogens (tertiary/aromatic N) is 1. The summed E-state index contributed by atoms with van der Waals surface area (Å²) >= 11 is 1.11. The van der Waals surface area contributed by atoms with Crippen molar-refractivity contribution in [3.63, 3.8) is 0 Å². The van der Waals surface area contributed by atoms with E-state index >= 15 is 0 Å². The minimum atomic E-state index is -3.67. The molecule has 3 rings (SSSR count). The Morgan fingerprint density at radius 1 is 1.09 bits per heavy atom. The Morgan fingerprint density at radius 3 is 2.36 bits per heavy atom. The van der Waals surface area contributed by atoms with E-state index in [2.05, 4.69) is 15.4 Å². The zero-order valence-electron chi connectivity index (χ0n) is 18.2. The number of nitrogens with one attached hydrogen (secondary N) is 2. The number of hydrogen-bond acceptors (Lipinski definition) is 8. The van der Waals surface area contributed by atoms with Crippen LogP contribution in [0.15, 0.2) is 40.6 Å². The molecule has 0 saturated carbocycles. The summed E-state index contributed by atoms with van der Waals surface area (Å²) in [4.78, 5) is 36.4. The molecule has 1 fully saturated rings. The van der Waals surface area contributed by atoms with Gasteiger partial charge in [-0.05, 0) is 55.5 Å². The van der Waals surface area contributed by atoms with Gasteiger partial charge in [-0.2, -0.15) is 4.31 Å². The zero-order valence-corrected chi connectivity index (χ0v) is 19.8. The summed E-state index contributed by atoms with van der Waals surface area (Å²) in [6.07, 6.45) is 0.435. The number of piperidine rings is 1.